The van der Waals surface area contributed by atoms with E-state index in [1.165, 1.54) is 0 Å². The number of anilines is 1. The van der Waals surface area contributed by atoms with Gasteiger partial charge in [0.1, 0.15) is 0 Å². The normalized spacial score (nSPS) is 10.4. The van der Waals surface area contributed by atoms with E-state index in [0.717, 1.165) is 34.7 Å². The molecule has 0 unspecified atom stereocenters. The van der Waals surface area contributed by atoms with Crippen molar-refractivity contribution in [2.45, 2.75) is 40.2 Å². The standard InChI is InChI=1S/C25H26N4O2/c1-4-5-24(30)28-21-10-6-20(7-11-21)16-27-25(31)23-14-17(2)29(18(23)3)22-12-8-19(15-26)9-13-22/h6-14H,4-5,16H2,1-3H3,(H,27,31)(H,28,30). The molecule has 1 aromatic heterocycles. The Bertz CT molecular complexity index is 1120. The predicted molar refractivity (Wildman–Crippen MR) is 121 cm³/mol. The summed E-state index contributed by atoms with van der Waals surface area (Å²) in [6.45, 7) is 6.22. The number of carbonyl (C=O) groups is 2. The van der Waals surface area contributed by atoms with Gasteiger partial charge < -0.3 is 15.2 Å². The summed E-state index contributed by atoms with van der Waals surface area (Å²) < 4.78 is 2.00. The van der Waals surface area contributed by atoms with Crippen molar-refractivity contribution in [3.63, 3.8) is 0 Å². The number of amides is 2. The van der Waals surface area contributed by atoms with Crippen LogP contribution < -0.4 is 10.6 Å². The van der Waals surface area contributed by atoms with E-state index >= 15 is 0 Å². The van der Waals surface area contributed by atoms with Crippen LogP contribution in [0.1, 0.15) is 52.6 Å². The van der Waals surface area contributed by atoms with Crippen LogP contribution in [0.2, 0.25) is 0 Å². The fraction of sp³-hybridized carbons (Fsp3) is 0.240. The second-order valence-corrected chi connectivity index (χ2v) is 7.46. The van der Waals surface area contributed by atoms with E-state index in [2.05, 4.69) is 16.7 Å². The molecule has 0 fully saturated rings. The minimum atomic E-state index is -0.145. The van der Waals surface area contributed by atoms with Crippen molar-refractivity contribution in [2.24, 2.45) is 0 Å². The van der Waals surface area contributed by atoms with Gasteiger partial charge in [0.05, 0.1) is 17.2 Å². The van der Waals surface area contributed by atoms with Gasteiger partial charge in [-0.2, -0.15) is 5.26 Å². The Morgan fingerprint density at radius 1 is 1.03 bits per heavy atom. The van der Waals surface area contributed by atoms with E-state index in [1.54, 1.807) is 12.1 Å². The van der Waals surface area contributed by atoms with Crippen LogP contribution in [0.3, 0.4) is 0 Å². The van der Waals surface area contributed by atoms with Gasteiger partial charge in [0.15, 0.2) is 0 Å². The Labute approximate surface area is 182 Å². The Kier molecular flexibility index (Phi) is 6.88. The van der Waals surface area contributed by atoms with E-state index in [-0.39, 0.29) is 11.8 Å². The topological polar surface area (TPSA) is 86.9 Å². The summed E-state index contributed by atoms with van der Waals surface area (Å²) in [6.07, 6.45) is 1.31. The third-order valence-electron chi connectivity index (χ3n) is 5.10. The van der Waals surface area contributed by atoms with Gasteiger partial charge in [-0.15, -0.1) is 0 Å². The number of aromatic nitrogens is 1. The number of nitrogens with zero attached hydrogens (tertiary/aromatic N) is 2. The van der Waals surface area contributed by atoms with Crippen LogP contribution in [-0.4, -0.2) is 16.4 Å². The summed E-state index contributed by atoms with van der Waals surface area (Å²) in [7, 11) is 0. The first-order chi connectivity index (χ1) is 14.9. The first kappa shape index (κ1) is 21.8. The zero-order valence-corrected chi connectivity index (χ0v) is 18.0. The number of hydrogen-bond donors (Lipinski definition) is 2. The molecular formula is C25H26N4O2. The number of nitriles is 1. The molecule has 2 N–H and O–H groups in total. The van der Waals surface area contributed by atoms with Gasteiger partial charge in [-0.25, -0.2) is 0 Å². The van der Waals surface area contributed by atoms with Crippen molar-refractivity contribution in [3.05, 3.63) is 82.7 Å². The largest absolute Gasteiger partial charge is 0.348 e. The number of rotatable bonds is 7. The molecular weight excluding hydrogens is 388 g/mol. The molecule has 0 radical (unpaired) electrons. The van der Waals surface area contributed by atoms with Gasteiger partial charge in [0.2, 0.25) is 5.91 Å². The van der Waals surface area contributed by atoms with Crippen LogP contribution in [0.15, 0.2) is 54.6 Å². The van der Waals surface area contributed by atoms with Crippen LogP contribution in [0.25, 0.3) is 5.69 Å². The number of carbonyl (C=O) groups excluding carboxylic acids is 2. The highest BCUT2D eigenvalue weighted by molar-refractivity contribution is 5.96. The minimum absolute atomic E-state index is 0.00109. The smallest absolute Gasteiger partial charge is 0.253 e. The van der Waals surface area contributed by atoms with Crippen LogP contribution in [0, 0.1) is 25.2 Å². The van der Waals surface area contributed by atoms with Crippen molar-refractivity contribution in [3.8, 4) is 11.8 Å². The predicted octanol–water partition coefficient (Wildman–Crippen LogP) is 4.63. The molecule has 0 aliphatic heterocycles. The monoisotopic (exact) mass is 414 g/mol. The lowest BCUT2D eigenvalue weighted by Gasteiger charge is -2.10. The maximum atomic E-state index is 12.8. The molecule has 2 aromatic carbocycles. The first-order valence-corrected chi connectivity index (χ1v) is 10.3. The summed E-state index contributed by atoms with van der Waals surface area (Å²) >= 11 is 0. The summed E-state index contributed by atoms with van der Waals surface area (Å²) in [6, 6.07) is 18.7. The highest BCUT2D eigenvalue weighted by Gasteiger charge is 2.16. The Morgan fingerprint density at radius 2 is 1.71 bits per heavy atom. The van der Waals surface area contributed by atoms with Crippen molar-refractivity contribution in [1.82, 2.24) is 9.88 Å². The molecule has 31 heavy (non-hydrogen) atoms. The van der Waals surface area contributed by atoms with Gasteiger partial charge in [-0.3, -0.25) is 9.59 Å². The van der Waals surface area contributed by atoms with Crippen molar-refractivity contribution < 1.29 is 9.59 Å². The van der Waals surface area contributed by atoms with Gasteiger partial charge in [0, 0.05) is 35.7 Å². The van der Waals surface area contributed by atoms with Gasteiger partial charge >= 0.3 is 0 Å². The molecule has 3 aromatic rings. The third-order valence-corrected chi connectivity index (χ3v) is 5.10. The summed E-state index contributed by atoms with van der Waals surface area (Å²) in [5.74, 6) is -0.144. The van der Waals surface area contributed by atoms with Crippen molar-refractivity contribution in [2.75, 3.05) is 5.32 Å². The van der Waals surface area contributed by atoms with Crippen LogP contribution >= 0.6 is 0 Å². The fourth-order valence-electron chi connectivity index (χ4n) is 3.51. The number of benzene rings is 2. The molecule has 2 amide bonds. The lowest BCUT2D eigenvalue weighted by molar-refractivity contribution is -0.116. The Hall–Kier alpha value is -3.85. The lowest BCUT2D eigenvalue weighted by Crippen LogP contribution is -2.23. The molecule has 0 bridgehead atoms. The summed E-state index contributed by atoms with van der Waals surface area (Å²) in [4.78, 5) is 24.5. The Morgan fingerprint density at radius 3 is 2.32 bits per heavy atom. The number of aryl methyl sites for hydroxylation is 1. The lowest BCUT2D eigenvalue weighted by atomic mass is 10.2. The van der Waals surface area contributed by atoms with Crippen LogP contribution in [0.4, 0.5) is 5.69 Å². The van der Waals surface area contributed by atoms with Gasteiger partial charge in [-0.05, 0) is 68.3 Å². The molecule has 3 rings (SSSR count). The average Bonchev–Trinajstić information content (AvgIpc) is 3.07. The van der Waals surface area contributed by atoms with Crippen molar-refractivity contribution in [1.29, 1.82) is 5.26 Å². The average molecular weight is 415 g/mol. The molecule has 0 aliphatic carbocycles. The van der Waals surface area contributed by atoms with E-state index in [0.29, 0.717) is 24.1 Å². The first-order valence-electron chi connectivity index (χ1n) is 10.3. The van der Waals surface area contributed by atoms with E-state index in [9.17, 15) is 9.59 Å². The molecule has 158 valence electrons. The molecule has 0 aliphatic rings. The molecule has 0 saturated heterocycles. The highest BCUT2D eigenvalue weighted by Crippen LogP contribution is 2.21. The molecule has 0 spiro atoms. The van der Waals surface area contributed by atoms with E-state index < -0.39 is 0 Å². The number of hydrogen-bond acceptors (Lipinski definition) is 3. The second kappa shape index (κ2) is 9.77. The molecule has 6 nitrogen and oxygen atoms in total. The van der Waals surface area contributed by atoms with E-state index in [4.69, 9.17) is 5.26 Å². The van der Waals surface area contributed by atoms with Crippen LogP contribution in [-0.2, 0) is 11.3 Å². The van der Waals surface area contributed by atoms with Gasteiger partial charge in [-0.1, -0.05) is 19.1 Å². The Balaban J connectivity index is 1.67. The maximum Gasteiger partial charge on any atom is 0.253 e. The molecule has 6 heteroatoms. The van der Waals surface area contributed by atoms with Crippen LogP contribution in [0.5, 0.6) is 0 Å². The molecule has 1 heterocycles. The van der Waals surface area contributed by atoms with E-state index in [1.807, 2.05) is 67.8 Å². The maximum absolute atomic E-state index is 12.8. The zero-order chi connectivity index (χ0) is 22.4. The second-order valence-electron chi connectivity index (χ2n) is 7.46. The molecule has 0 atom stereocenters. The number of nitrogens with one attached hydrogen (secondary N) is 2. The SMILES string of the molecule is CCCC(=O)Nc1ccc(CNC(=O)c2cc(C)n(-c3ccc(C#N)cc3)c2C)cc1. The van der Waals surface area contributed by atoms with Crippen molar-refractivity contribution >= 4 is 17.5 Å². The summed E-state index contributed by atoms with van der Waals surface area (Å²) in [5.41, 5.74) is 5.61. The zero-order valence-electron chi connectivity index (χ0n) is 18.0. The fourth-order valence-corrected chi connectivity index (χ4v) is 3.51. The quantitative estimate of drug-likeness (QED) is 0.591. The summed E-state index contributed by atoms with van der Waals surface area (Å²) in [5, 5.41) is 14.8. The molecule has 0 saturated carbocycles. The highest BCUT2D eigenvalue weighted by atomic mass is 16.2. The third kappa shape index (κ3) is 5.20. The minimum Gasteiger partial charge on any atom is -0.348 e. The van der Waals surface area contributed by atoms with Gasteiger partial charge in [0.25, 0.3) is 5.91 Å².